The van der Waals surface area contributed by atoms with Gasteiger partial charge in [-0.25, -0.2) is 0 Å². The van der Waals surface area contributed by atoms with Crippen LogP contribution in [0.3, 0.4) is 0 Å². The standard InChI is InChI=1S/C19H22/c1-14-8-7-11-17-18(14)15-9-3-4-10-16(15)19(17)12-5-2-6-13-19/h3-4,7,9-11,14H,2,5-6,8,12-13H2,1H3. The Labute approximate surface area is 116 Å². The molecule has 0 saturated heterocycles. The number of hydrogen-bond acceptors (Lipinski definition) is 0. The second-order valence-electron chi connectivity index (χ2n) is 6.55. The van der Waals surface area contributed by atoms with Crippen LogP contribution >= 0.6 is 0 Å². The Hall–Kier alpha value is -1.30. The Morgan fingerprint density at radius 1 is 1.05 bits per heavy atom. The lowest BCUT2D eigenvalue weighted by Crippen LogP contribution is -2.29. The molecular formula is C19H22. The largest absolute Gasteiger partial charge is 0.0836 e. The van der Waals surface area contributed by atoms with Crippen LogP contribution in [0.4, 0.5) is 0 Å². The van der Waals surface area contributed by atoms with E-state index in [0.717, 1.165) is 0 Å². The summed E-state index contributed by atoms with van der Waals surface area (Å²) in [7, 11) is 0. The number of fused-ring (bicyclic) bond motifs is 4. The van der Waals surface area contributed by atoms with Crippen molar-refractivity contribution in [3.8, 4) is 0 Å². The topological polar surface area (TPSA) is 0 Å². The number of allylic oxidation sites excluding steroid dienone is 4. The van der Waals surface area contributed by atoms with Gasteiger partial charge >= 0.3 is 0 Å². The molecule has 0 radical (unpaired) electrons. The first-order valence-corrected chi connectivity index (χ1v) is 7.84. The molecule has 0 heterocycles. The van der Waals surface area contributed by atoms with Crippen molar-refractivity contribution in [1.29, 1.82) is 0 Å². The van der Waals surface area contributed by atoms with Crippen LogP contribution in [-0.2, 0) is 5.41 Å². The summed E-state index contributed by atoms with van der Waals surface area (Å²) in [6.45, 7) is 2.40. The molecule has 1 atom stereocenters. The van der Waals surface area contributed by atoms with Crippen LogP contribution in [-0.4, -0.2) is 0 Å². The molecule has 98 valence electrons. The minimum absolute atomic E-state index is 0.370. The maximum atomic E-state index is 2.46. The van der Waals surface area contributed by atoms with Crippen molar-refractivity contribution in [2.24, 2.45) is 5.92 Å². The van der Waals surface area contributed by atoms with E-state index >= 15 is 0 Å². The van der Waals surface area contributed by atoms with Gasteiger partial charge in [-0.1, -0.05) is 62.6 Å². The van der Waals surface area contributed by atoms with E-state index < -0.39 is 0 Å². The maximum absolute atomic E-state index is 2.46. The van der Waals surface area contributed by atoms with Crippen LogP contribution in [0.2, 0.25) is 0 Å². The van der Waals surface area contributed by atoms with E-state index in [1.807, 2.05) is 0 Å². The molecule has 1 aromatic carbocycles. The molecule has 0 aromatic heterocycles. The van der Waals surface area contributed by atoms with Crippen molar-refractivity contribution < 1.29 is 0 Å². The van der Waals surface area contributed by atoms with Crippen LogP contribution in [0.25, 0.3) is 5.57 Å². The highest BCUT2D eigenvalue weighted by Gasteiger charge is 2.45. The van der Waals surface area contributed by atoms with Crippen LogP contribution in [0.1, 0.15) is 56.6 Å². The van der Waals surface area contributed by atoms with Gasteiger partial charge < -0.3 is 0 Å². The fourth-order valence-corrected chi connectivity index (χ4v) is 4.67. The Morgan fingerprint density at radius 3 is 2.68 bits per heavy atom. The van der Waals surface area contributed by atoms with Crippen molar-refractivity contribution in [3.63, 3.8) is 0 Å². The molecule has 3 aliphatic rings. The monoisotopic (exact) mass is 250 g/mol. The highest BCUT2D eigenvalue weighted by Crippen LogP contribution is 2.57. The summed E-state index contributed by atoms with van der Waals surface area (Å²) >= 11 is 0. The molecule has 1 unspecified atom stereocenters. The molecule has 0 amide bonds. The molecule has 0 heteroatoms. The van der Waals surface area contributed by atoms with E-state index in [9.17, 15) is 0 Å². The summed E-state index contributed by atoms with van der Waals surface area (Å²) in [6.07, 6.45) is 13.0. The van der Waals surface area contributed by atoms with Crippen molar-refractivity contribution in [3.05, 3.63) is 53.1 Å². The lowest BCUT2D eigenvalue weighted by Gasteiger charge is -2.37. The molecule has 19 heavy (non-hydrogen) atoms. The molecule has 3 aliphatic carbocycles. The second-order valence-corrected chi connectivity index (χ2v) is 6.55. The van der Waals surface area contributed by atoms with Crippen LogP contribution in [0.5, 0.6) is 0 Å². The highest BCUT2D eigenvalue weighted by atomic mass is 14.5. The molecule has 1 saturated carbocycles. The number of benzene rings is 1. The van der Waals surface area contributed by atoms with Crippen LogP contribution in [0, 0.1) is 5.92 Å². The zero-order valence-electron chi connectivity index (χ0n) is 11.8. The van der Waals surface area contributed by atoms with Gasteiger partial charge in [-0.15, -0.1) is 0 Å². The molecule has 0 aliphatic heterocycles. The fraction of sp³-hybridized carbons (Fsp3) is 0.474. The van der Waals surface area contributed by atoms with Gasteiger partial charge in [0, 0.05) is 5.41 Å². The van der Waals surface area contributed by atoms with E-state index in [-0.39, 0.29) is 0 Å². The predicted molar refractivity (Wildman–Crippen MR) is 81.0 cm³/mol. The fourth-order valence-electron chi connectivity index (χ4n) is 4.67. The lowest BCUT2D eigenvalue weighted by atomic mass is 9.66. The van der Waals surface area contributed by atoms with Gasteiger partial charge in [-0.2, -0.15) is 0 Å². The minimum atomic E-state index is 0.370. The third-order valence-electron chi connectivity index (χ3n) is 5.51. The van der Waals surface area contributed by atoms with Crippen molar-refractivity contribution >= 4 is 5.57 Å². The normalized spacial score (nSPS) is 27.5. The van der Waals surface area contributed by atoms with E-state index in [2.05, 4.69) is 43.3 Å². The minimum Gasteiger partial charge on any atom is -0.0836 e. The van der Waals surface area contributed by atoms with Gasteiger partial charge in [0.25, 0.3) is 0 Å². The van der Waals surface area contributed by atoms with Crippen molar-refractivity contribution in [1.82, 2.24) is 0 Å². The quantitative estimate of drug-likeness (QED) is 0.590. The highest BCUT2D eigenvalue weighted by molar-refractivity contribution is 5.84. The molecule has 1 spiro atoms. The first kappa shape index (κ1) is 11.5. The first-order valence-electron chi connectivity index (χ1n) is 7.84. The summed E-state index contributed by atoms with van der Waals surface area (Å²) in [5.74, 6) is 0.697. The van der Waals surface area contributed by atoms with E-state index in [1.54, 1.807) is 22.3 Å². The maximum Gasteiger partial charge on any atom is 0.0211 e. The lowest BCUT2D eigenvalue weighted by molar-refractivity contribution is 0.349. The van der Waals surface area contributed by atoms with Gasteiger partial charge in [0.15, 0.2) is 0 Å². The average molecular weight is 250 g/mol. The zero-order valence-corrected chi connectivity index (χ0v) is 11.8. The zero-order chi connectivity index (χ0) is 12.9. The number of hydrogen-bond donors (Lipinski definition) is 0. The van der Waals surface area contributed by atoms with E-state index in [4.69, 9.17) is 0 Å². The summed E-state index contributed by atoms with van der Waals surface area (Å²) in [5, 5.41) is 0. The first-order chi connectivity index (χ1) is 9.33. The van der Waals surface area contributed by atoms with Crippen LogP contribution < -0.4 is 0 Å². The molecule has 0 N–H and O–H groups in total. The van der Waals surface area contributed by atoms with E-state index in [0.29, 0.717) is 11.3 Å². The average Bonchev–Trinajstić information content (AvgIpc) is 2.73. The molecule has 0 nitrogen and oxygen atoms in total. The Morgan fingerprint density at radius 2 is 1.84 bits per heavy atom. The van der Waals surface area contributed by atoms with E-state index in [1.165, 1.54) is 38.5 Å². The van der Waals surface area contributed by atoms with Gasteiger partial charge in [0.05, 0.1) is 0 Å². The SMILES string of the molecule is CC1CC=CC2=C1c1ccccc1C21CCCCC1. The summed E-state index contributed by atoms with van der Waals surface area (Å²) in [4.78, 5) is 0. The summed E-state index contributed by atoms with van der Waals surface area (Å²) in [6, 6.07) is 9.22. The molecule has 0 bridgehead atoms. The van der Waals surface area contributed by atoms with Crippen molar-refractivity contribution in [2.75, 3.05) is 0 Å². The van der Waals surface area contributed by atoms with Gasteiger partial charge in [-0.05, 0) is 47.5 Å². The molecular weight excluding hydrogens is 228 g/mol. The molecule has 1 aromatic rings. The van der Waals surface area contributed by atoms with Crippen LogP contribution in [0.15, 0.2) is 42.0 Å². The van der Waals surface area contributed by atoms with Gasteiger partial charge in [0.1, 0.15) is 0 Å². The number of rotatable bonds is 0. The predicted octanol–water partition coefficient (Wildman–Crippen LogP) is 5.25. The molecule has 4 rings (SSSR count). The Kier molecular flexibility index (Phi) is 2.48. The third kappa shape index (κ3) is 1.46. The third-order valence-corrected chi connectivity index (χ3v) is 5.51. The van der Waals surface area contributed by atoms with Gasteiger partial charge in [-0.3, -0.25) is 0 Å². The van der Waals surface area contributed by atoms with Gasteiger partial charge in [0.2, 0.25) is 0 Å². The Bertz CT molecular complexity index is 567. The second kappa shape index (κ2) is 4.10. The van der Waals surface area contributed by atoms with Crippen molar-refractivity contribution in [2.45, 2.75) is 50.9 Å². The Balaban J connectivity index is 1.98. The smallest absolute Gasteiger partial charge is 0.0211 e. The molecule has 1 fully saturated rings. The summed E-state index contributed by atoms with van der Waals surface area (Å²) in [5.41, 5.74) is 6.91. The summed E-state index contributed by atoms with van der Waals surface area (Å²) < 4.78 is 0.